The van der Waals surface area contributed by atoms with Crippen LogP contribution in [0.5, 0.6) is 17.2 Å². The lowest BCUT2D eigenvalue weighted by atomic mass is 10.2. The molecule has 1 atom stereocenters. The van der Waals surface area contributed by atoms with E-state index in [4.69, 9.17) is 14.2 Å². The first-order valence-corrected chi connectivity index (χ1v) is 8.58. The third kappa shape index (κ3) is 6.51. The van der Waals surface area contributed by atoms with Crippen molar-refractivity contribution in [3.63, 3.8) is 0 Å². The van der Waals surface area contributed by atoms with Crippen molar-refractivity contribution in [2.75, 3.05) is 6.61 Å². The third-order valence-electron chi connectivity index (χ3n) is 3.63. The summed E-state index contributed by atoms with van der Waals surface area (Å²) in [5.41, 5.74) is -0.738. The molecular formula is C20H21F3O4. The van der Waals surface area contributed by atoms with Crippen LogP contribution < -0.4 is 9.47 Å². The maximum atomic E-state index is 12.6. The van der Waals surface area contributed by atoms with E-state index >= 15 is 0 Å². The lowest BCUT2D eigenvalue weighted by molar-refractivity contribution is -0.151. The zero-order valence-corrected chi connectivity index (χ0v) is 15.1. The molecule has 0 bridgehead atoms. The summed E-state index contributed by atoms with van der Waals surface area (Å²) in [6, 6.07) is 10.8. The summed E-state index contributed by atoms with van der Waals surface area (Å²) in [4.78, 5) is 11.8. The van der Waals surface area contributed by atoms with Crippen LogP contribution in [0.2, 0.25) is 0 Å². The van der Waals surface area contributed by atoms with Gasteiger partial charge in [0.05, 0.1) is 12.2 Å². The average Bonchev–Trinajstić information content (AvgIpc) is 2.63. The molecule has 0 aliphatic rings. The van der Waals surface area contributed by atoms with Crippen molar-refractivity contribution in [3.05, 3.63) is 54.1 Å². The van der Waals surface area contributed by atoms with Gasteiger partial charge in [-0.05, 0) is 61.9 Å². The molecular weight excluding hydrogens is 361 g/mol. The fourth-order valence-corrected chi connectivity index (χ4v) is 2.12. The van der Waals surface area contributed by atoms with Gasteiger partial charge < -0.3 is 14.2 Å². The van der Waals surface area contributed by atoms with E-state index in [0.29, 0.717) is 18.1 Å². The van der Waals surface area contributed by atoms with Crippen LogP contribution in [0.15, 0.2) is 48.5 Å². The second-order valence-corrected chi connectivity index (χ2v) is 5.88. The van der Waals surface area contributed by atoms with Crippen molar-refractivity contribution in [3.8, 4) is 17.2 Å². The second kappa shape index (κ2) is 9.30. The van der Waals surface area contributed by atoms with Crippen molar-refractivity contribution in [2.24, 2.45) is 0 Å². The maximum Gasteiger partial charge on any atom is 0.416 e. The normalized spacial score (nSPS) is 12.3. The number of alkyl halides is 3. The molecule has 4 nitrogen and oxygen atoms in total. The number of carbonyl (C=O) groups is 1. The standard InChI is InChI=1S/C20H21F3O4/c1-3-4-13-25-19(24)14(2)26-16-9-11-18(12-10-16)27-17-7-5-15(6-8-17)20(21,22)23/h5-12,14H,3-4,13H2,1-2H3. The Kier molecular flexibility index (Phi) is 7.10. The number of halogens is 3. The van der Waals surface area contributed by atoms with Crippen molar-refractivity contribution < 1.29 is 32.2 Å². The van der Waals surface area contributed by atoms with Crippen LogP contribution in [0.3, 0.4) is 0 Å². The molecule has 2 rings (SSSR count). The number of hydrogen-bond donors (Lipinski definition) is 0. The molecule has 0 radical (unpaired) electrons. The SMILES string of the molecule is CCCCOC(=O)C(C)Oc1ccc(Oc2ccc(C(F)(F)F)cc2)cc1. The number of benzene rings is 2. The van der Waals surface area contributed by atoms with Crippen molar-refractivity contribution in [1.29, 1.82) is 0 Å². The van der Waals surface area contributed by atoms with Crippen LogP contribution in [0.1, 0.15) is 32.3 Å². The summed E-state index contributed by atoms with van der Waals surface area (Å²) >= 11 is 0. The summed E-state index contributed by atoms with van der Waals surface area (Å²) in [6.07, 6.45) is -3.40. The summed E-state index contributed by atoms with van der Waals surface area (Å²) < 4.78 is 53.8. The van der Waals surface area contributed by atoms with Crippen LogP contribution >= 0.6 is 0 Å². The van der Waals surface area contributed by atoms with E-state index in [0.717, 1.165) is 25.0 Å². The molecule has 27 heavy (non-hydrogen) atoms. The smallest absolute Gasteiger partial charge is 0.416 e. The number of carbonyl (C=O) groups excluding carboxylic acids is 1. The number of esters is 1. The Balaban J connectivity index is 1.90. The molecule has 0 amide bonds. The largest absolute Gasteiger partial charge is 0.479 e. The van der Waals surface area contributed by atoms with E-state index in [1.807, 2.05) is 6.92 Å². The van der Waals surface area contributed by atoms with E-state index in [-0.39, 0.29) is 5.75 Å². The minimum absolute atomic E-state index is 0.282. The van der Waals surface area contributed by atoms with Crippen LogP contribution in [0.25, 0.3) is 0 Å². The molecule has 0 aromatic heterocycles. The molecule has 0 aliphatic carbocycles. The monoisotopic (exact) mass is 382 g/mol. The van der Waals surface area contributed by atoms with Crippen LogP contribution in [0.4, 0.5) is 13.2 Å². The lowest BCUT2D eigenvalue weighted by Gasteiger charge is -2.14. The average molecular weight is 382 g/mol. The van der Waals surface area contributed by atoms with Gasteiger partial charge in [0.2, 0.25) is 0 Å². The fraction of sp³-hybridized carbons (Fsp3) is 0.350. The Morgan fingerprint density at radius 1 is 0.963 bits per heavy atom. The third-order valence-corrected chi connectivity index (χ3v) is 3.63. The van der Waals surface area contributed by atoms with Crippen LogP contribution in [-0.2, 0) is 15.7 Å². The van der Waals surface area contributed by atoms with Gasteiger partial charge in [0.1, 0.15) is 17.2 Å². The van der Waals surface area contributed by atoms with E-state index in [1.54, 1.807) is 31.2 Å². The van der Waals surface area contributed by atoms with E-state index < -0.39 is 23.8 Å². The lowest BCUT2D eigenvalue weighted by Crippen LogP contribution is -2.26. The fourth-order valence-electron chi connectivity index (χ4n) is 2.12. The molecule has 0 N–H and O–H groups in total. The molecule has 0 saturated carbocycles. The summed E-state index contributed by atoms with van der Waals surface area (Å²) in [5.74, 6) is 0.730. The molecule has 0 spiro atoms. The Morgan fingerprint density at radius 3 is 2.00 bits per heavy atom. The minimum Gasteiger partial charge on any atom is -0.479 e. The molecule has 0 heterocycles. The first-order chi connectivity index (χ1) is 12.8. The highest BCUT2D eigenvalue weighted by atomic mass is 19.4. The quantitative estimate of drug-likeness (QED) is 0.440. The molecule has 2 aromatic carbocycles. The maximum absolute atomic E-state index is 12.6. The first kappa shape index (κ1) is 20.6. The zero-order chi connectivity index (χ0) is 19.9. The van der Waals surface area contributed by atoms with Gasteiger partial charge in [-0.1, -0.05) is 13.3 Å². The molecule has 0 fully saturated rings. The van der Waals surface area contributed by atoms with Gasteiger partial charge in [0.15, 0.2) is 6.10 Å². The van der Waals surface area contributed by atoms with Gasteiger partial charge in [-0.15, -0.1) is 0 Å². The van der Waals surface area contributed by atoms with Gasteiger partial charge in [-0.25, -0.2) is 4.79 Å². The van der Waals surface area contributed by atoms with Crippen molar-refractivity contribution in [2.45, 2.75) is 39.0 Å². The zero-order valence-electron chi connectivity index (χ0n) is 15.1. The Morgan fingerprint density at radius 2 is 1.48 bits per heavy atom. The molecule has 7 heteroatoms. The van der Waals surface area contributed by atoms with Gasteiger partial charge in [-0.3, -0.25) is 0 Å². The van der Waals surface area contributed by atoms with Crippen molar-refractivity contribution in [1.82, 2.24) is 0 Å². The molecule has 1 unspecified atom stereocenters. The van der Waals surface area contributed by atoms with Gasteiger partial charge in [0.25, 0.3) is 0 Å². The topological polar surface area (TPSA) is 44.8 Å². The molecule has 146 valence electrons. The van der Waals surface area contributed by atoms with E-state index in [2.05, 4.69) is 0 Å². The minimum atomic E-state index is -4.38. The van der Waals surface area contributed by atoms with Gasteiger partial charge in [-0.2, -0.15) is 13.2 Å². The highest BCUT2D eigenvalue weighted by Crippen LogP contribution is 2.31. The first-order valence-electron chi connectivity index (χ1n) is 8.58. The van der Waals surface area contributed by atoms with Crippen molar-refractivity contribution >= 4 is 5.97 Å². The Labute approximate surface area is 155 Å². The van der Waals surface area contributed by atoms with Gasteiger partial charge in [0, 0.05) is 0 Å². The molecule has 0 aliphatic heterocycles. The highest BCUT2D eigenvalue weighted by molar-refractivity contribution is 5.74. The van der Waals surface area contributed by atoms with Crippen LogP contribution in [-0.4, -0.2) is 18.7 Å². The highest BCUT2D eigenvalue weighted by Gasteiger charge is 2.30. The Hall–Kier alpha value is -2.70. The number of unbranched alkanes of at least 4 members (excludes halogenated alkanes) is 1. The predicted molar refractivity (Wildman–Crippen MR) is 93.9 cm³/mol. The summed E-state index contributed by atoms with van der Waals surface area (Å²) in [7, 11) is 0. The number of rotatable bonds is 8. The molecule has 0 saturated heterocycles. The van der Waals surface area contributed by atoms with E-state index in [1.165, 1.54) is 12.1 Å². The second-order valence-electron chi connectivity index (χ2n) is 5.88. The number of hydrogen-bond acceptors (Lipinski definition) is 4. The molecule has 2 aromatic rings. The van der Waals surface area contributed by atoms with Crippen LogP contribution in [0, 0.1) is 0 Å². The predicted octanol–water partition coefficient (Wildman–Crippen LogP) is 5.61. The van der Waals surface area contributed by atoms with Gasteiger partial charge >= 0.3 is 12.1 Å². The number of ether oxygens (including phenoxy) is 3. The Bertz CT molecular complexity index is 724. The summed E-state index contributed by atoms with van der Waals surface area (Å²) in [6.45, 7) is 3.96. The van der Waals surface area contributed by atoms with E-state index in [9.17, 15) is 18.0 Å². The summed E-state index contributed by atoms with van der Waals surface area (Å²) in [5, 5.41) is 0.